The number of aryl methyl sites for hydroxylation is 1. The number of anilines is 1. The minimum atomic E-state index is 0.172. The molecule has 3 aromatic rings. The predicted molar refractivity (Wildman–Crippen MR) is 106 cm³/mol. The molecule has 5 heteroatoms. The molecule has 2 heterocycles. The lowest BCUT2D eigenvalue weighted by Crippen LogP contribution is -2.29. The Morgan fingerprint density at radius 2 is 1.96 bits per heavy atom. The Labute approximate surface area is 158 Å². The van der Waals surface area contributed by atoms with E-state index in [-0.39, 0.29) is 6.61 Å². The number of nitrogens with zero attached hydrogens (tertiary/aromatic N) is 1. The van der Waals surface area contributed by atoms with Gasteiger partial charge in [0.25, 0.3) is 0 Å². The van der Waals surface area contributed by atoms with Gasteiger partial charge in [-0.1, -0.05) is 0 Å². The van der Waals surface area contributed by atoms with Crippen molar-refractivity contribution >= 4 is 22.4 Å². The number of rotatable bonds is 6. The van der Waals surface area contributed by atoms with Gasteiger partial charge < -0.3 is 23.9 Å². The van der Waals surface area contributed by atoms with E-state index in [0.29, 0.717) is 0 Å². The second-order valence-corrected chi connectivity index (χ2v) is 6.63. The maximum absolute atomic E-state index is 9.18. The molecule has 1 aliphatic heterocycles. The van der Waals surface area contributed by atoms with Gasteiger partial charge in [-0.3, -0.25) is 0 Å². The maximum atomic E-state index is 9.18. The first-order chi connectivity index (χ1) is 13.2. The molecular formula is C22H23NO4. The molecule has 27 heavy (non-hydrogen) atoms. The molecule has 0 fully saturated rings. The zero-order valence-electron chi connectivity index (χ0n) is 15.6. The van der Waals surface area contributed by atoms with Crippen LogP contribution in [0.1, 0.15) is 17.7 Å². The van der Waals surface area contributed by atoms with Crippen molar-refractivity contribution in [3.8, 4) is 11.5 Å². The van der Waals surface area contributed by atoms with Gasteiger partial charge in [0.1, 0.15) is 28.6 Å². The minimum absolute atomic E-state index is 0.172. The summed E-state index contributed by atoms with van der Waals surface area (Å²) in [6, 6.07) is 13.9. The van der Waals surface area contributed by atoms with Crippen molar-refractivity contribution in [2.45, 2.75) is 13.3 Å². The fourth-order valence-corrected chi connectivity index (χ4v) is 3.41. The monoisotopic (exact) mass is 365 g/mol. The quantitative estimate of drug-likeness (QED) is 0.703. The van der Waals surface area contributed by atoms with E-state index in [1.54, 1.807) is 7.11 Å². The van der Waals surface area contributed by atoms with Crippen LogP contribution in [0.4, 0.5) is 5.69 Å². The summed E-state index contributed by atoms with van der Waals surface area (Å²) in [6.45, 7) is 3.61. The second-order valence-electron chi connectivity index (χ2n) is 6.63. The number of methoxy groups -OCH3 is 1. The molecule has 1 aromatic heterocycles. The largest absolute Gasteiger partial charge is 0.497 e. The summed E-state index contributed by atoms with van der Waals surface area (Å²) >= 11 is 0. The molecule has 0 amide bonds. The lowest BCUT2D eigenvalue weighted by Gasteiger charge is -2.30. The van der Waals surface area contributed by atoms with Crippen LogP contribution in [-0.2, 0) is 0 Å². The van der Waals surface area contributed by atoms with Crippen molar-refractivity contribution in [1.29, 1.82) is 0 Å². The highest BCUT2D eigenvalue weighted by molar-refractivity contribution is 5.82. The fraction of sp³-hybridized carbons (Fsp3) is 0.273. The van der Waals surface area contributed by atoms with E-state index in [0.717, 1.165) is 64.7 Å². The molecule has 0 saturated carbocycles. The maximum Gasteiger partial charge on any atom is 0.137 e. The fourth-order valence-electron chi connectivity index (χ4n) is 3.41. The Morgan fingerprint density at radius 1 is 1.11 bits per heavy atom. The van der Waals surface area contributed by atoms with Gasteiger partial charge in [0.05, 0.1) is 12.8 Å². The average Bonchev–Trinajstić information content (AvgIpc) is 3.06. The van der Waals surface area contributed by atoms with Gasteiger partial charge in [-0.25, -0.2) is 0 Å². The number of benzene rings is 2. The summed E-state index contributed by atoms with van der Waals surface area (Å²) in [7, 11) is 1.66. The van der Waals surface area contributed by atoms with Crippen LogP contribution < -0.4 is 14.4 Å². The first kappa shape index (κ1) is 17.5. The highest BCUT2D eigenvalue weighted by Gasteiger charge is 2.21. The molecular weight excluding hydrogens is 342 g/mol. The minimum Gasteiger partial charge on any atom is -0.497 e. The Balaban J connectivity index is 1.65. The number of aliphatic hydroxyl groups is 1. The topological polar surface area (TPSA) is 55.1 Å². The van der Waals surface area contributed by atoms with E-state index < -0.39 is 0 Å². The summed E-state index contributed by atoms with van der Waals surface area (Å²) in [6.07, 6.45) is 2.79. The van der Waals surface area contributed by atoms with Gasteiger partial charge in [0.2, 0.25) is 0 Å². The molecule has 0 spiro atoms. The van der Waals surface area contributed by atoms with Crippen LogP contribution in [0.5, 0.6) is 11.5 Å². The van der Waals surface area contributed by atoms with Gasteiger partial charge in [-0.2, -0.15) is 0 Å². The van der Waals surface area contributed by atoms with Crippen molar-refractivity contribution in [3.05, 3.63) is 59.9 Å². The van der Waals surface area contributed by atoms with Gasteiger partial charge in [0, 0.05) is 42.8 Å². The molecule has 1 aliphatic rings. The van der Waals surface area contributed by atoms with Crippen LogP contribution in [0.2, 0.25) is 0 Å². The first-order valence-corrected chi connectivity index (χ1v) is 9.10. The van der Waals surface area contributed by atoms with Crippen molar-refractivity contribution in [3.63, 3.8) is 0 Å². The molecule has 140 valence electrons. The van der Waals surface area contributed by atoms with Crippen LogP contribution in [0.15, 0.2) is 53.0 Å². The molecule has 2 aromatic carbocycles. The molecule has 0 bridgehead atoms. The van der Waals surface area contributed by atoms with Crippen molar-refractivity contribution in [2.24, 2.45) is 0 Å². The third-order valence-electron chi connectivity index (χ3n) is 4.74. The molecule has 0 aliphatic carbocycles. The zero-order valence-corrected chi connectivity index (χ0v) is 15.6. The summed E-state index contributed by atoms with van der Waals surface area (Å²) in [5, 5.41) is 10.2. The lowest BCUT2D eigenvalue weighted by atomic mass is 10.0. The summed E-state index contributed by atoms with van der Waals surface area (Å²) in [5.74, 6) is 3.25. The van der Waals surface area contributed by atoms with E-state index in [2.05, 4.69) is 11.0 Å². The SMILES string of the molecule is COc1ccc2c(c1)N(CCCO)CC=C2Oc1ccc2cc(C)oc2c1. The number of hydrogen-bond donors (Lipinski definition) is 1. The Hall–Kier alpha value is -2.92. The van der Waals surface area contributed by atoms with E-state index in [9.17, 15) is 5.11 Å². The molecule has 0 unspecified atom stereocenters. The smallest absolute Gasteiger partial charge is 0.137 e. The van der Waals surface area contributed by atoms with E-state index in [1.807, 2.05) is 49.4 Å². The van der Waals surface area contributed by atoms with E-state index in [1.165, 1.54) is 0 Å². The number of ether oxygens (including phenoxy) is 2. The van der Waals surface area contributed by atoms with Gasteiger partial charge in [-0.15, -0.1) is 0 Å². The van der Waals surface area contributed by atoms with Crippen molar-refractivity contribution in [2.75, 3.05) is 31.7 Å². The highest BCUT2D eigenvalue weighted by atomic mass is 16.5. The summed E-state index contributed by atoms with van der Waals surface area (Å²) in [4.78, 5) is 2.22. The van der Waals surface area contributed by atoms with Crippen LogP contribution >= 0.6 is 0 Å². The van der Waals surface area contributed by atoms with Crippen molar-refractivity contribution < 1.29 is 19.0 Å². The Kier molecular flexibility index (Phi) is 4.77. The van der Waals surface area contributed by atoms with E-state index >= 15 is 0 Å². The standard InChI is InChI=1S/C22H23NO4/c1-15-12-16-4-5-18(14-22(16)26-15)27-21-8-10-23(9-3-11-24)20-13-17(25-2)6-7-19(20)21/h4-8,12-14,24H,3,9-11H2,1-2H3. The zero-order chi connectivity index (χ0) is 18.8. The van der Waals surface area contributed by atoms with Crippen molar-refractivity contribution in [1.82, 2.24) is 0 Å². The van der Waals surface area contributed by atoms with E-state index in [4.69, 9.17) is 13.9 Å². The lowest BCUT2D eigenvalue weighted by molar-refractivity contribution is 0.290. The summed E-state index contributed by atoms with van der Waals surface area (Å²) < 4.78 is 17.3. The van der Waals surface area contributed by atoms with Gasteiger partial charge in [-0.05, 0) is 49.8 Å². The highest BCUT2D eigenvalue weighted by Crippen LogP contribution is 2.36. The molecule has 5 nitrogen and oxygen atoms in total. The average molecular weight is 365 g/mol. The summed E-state index contributed by atoms with van der Waals surface area (Å²) in [5.41, 5.74) is 2.88. The number of aliphatic hydroxyl groups excluding tert-OH is 1. The normalized spacial score (nSPS) is 13.4. The molecule has 0 atom stereocenters. The Morgan fingerprint density at radius 3 is 2.78 bits per heavy atom. The van der Waals surface area contributed by atoms with Crippen LogP contribution in [0.3, 0.4) is 0 Å². The van der Waals surface area contributed by atoms with Gasteiger partial charge in [0.15, 0.2) is 0 Å². The van der Waals surface area contributed by atoms with Gasteiger partial charge >= 0.3 is 0 Å². The number of fused-ring (bicyclic) bond motifs is 2. The van der Waals surface area contributed by atoms with Crippen LogP contribution in [0.25, 0.3) is 16.7 Å². The predicted octanol–water partition coefficient (Wildman–Crippen LogP) is 4.37. The molecule has 0 radical (unpaired) electrons. The molecule has 1 N–H and O–H groups in total. The number of hydrogen-bond acceptors (Lipinski definition) is 5. The molecule has 4 rings (SSSR count). The third kappa shape index (κ3) is 3.51. The third-order valence-corrected chi connectivity index (χ3v) is 4.74. The second kappa shape index (κ2) is 7.37. The van der Waals surface area contributed by atoms with Crippen LogP contribution in [0, 0.1) is 6.92 Å². The molecule has 0 saturated heterocycles. The Bertz CT molecular complexity index is 989. The number of furan rings is 1. The van der Waals surface area contributed by atoms with Crippen LogP contribution in [-0.4, -0.2) is 31.9 Å². The first-order valence-electron chi connectivity index (χ1n) is 9.10.